The van der Waals surface area contributed by atoms with Gasteiger partial charge in [-0.2, -0.15) is 0 Å². The van der Waals surface area contributed by atoms with Crippen LogP contribution in [0.4, 0.5) is 23.7 Å². The smallest absolute Gasteiger partial charge is 0.453 e. The number of nitrogens with one attached hydrogen (secondary N) is 3. The van der Waals surface area contributed by atoms with E-state index in [2.05, 4.69) is 29.9 Å². The van der Waals surface area contributed by atoms with E-state index in [0.717, 1.165) is 52.5 Å². The zero-order chi connectivity index (χ0) is 36.0. The Morgan fingerprint density at radius 1 is 0.961 bits per heavy atom. The van der Waals surface area contributed by atoms with Crippen LogP contribution in [0, 0.1) is 5.92 Å². The average Bonchev–Trinajstić information content (AvgIpc) is 3.91. The fourth-order valence-electron chi connectivity index (χ4n) is 7.44. The lowest BCUT2D eigenvalue weighted by Crippen LogP contribution is -2.51. The van der Waals surface area contributed by atoms with Gasteiger partial charge in [0.1, 0.15) is 17.6 Å². The van der Waals surface area contributed by atoms with Gasteiger partial charge in [0.2, 0.25) is 5.91 Å². The molecular formula is C36H37ClF3N7O4. The van der Waals surface area contributed by atoms with Crippen LogP contribution < -0.4 is 15.0 Å². The van der Waals surface area contributed by atoms with E-state index in [0.29, 0.717) is 24.5 Å². The molecule has 15 heteroatoms. The van der Waals surface area contributed by atoms with Crippen molar-refractivity contribution in [1.82, 2.24) is 30.2 Å². The number of ether oxygens (including phenoxy) is 2. The first-order valence-corrected chi connectivity index (χ1v) is 17.2. The monoisotopic (exact) mass is 723 g/mol. The summed E-state index contributed by atoms with van der Waals surface area (Å²) in [5.41, 5.74) is 5.88. The summed E-state index contributed by atoms with van der Waals surface area (Å²) in [6.45, 7) is 4.28. The van der Waals surface area contributed by atoms with E-state index in [1.807, 2.05) is 50.2 Å². The quantitative estimate of drug-likeness (QED) is 0.148. The molecule has 0 radical (unpaired) electrons. The molecule has 51 heavy (non-hydrogen) atoms. The standard InChI is InChI=1S/C36H37ClF3N7O4/c1-19(2)32(45-35(49)50-3)34(48)46-14-4-5-30(46)33-43-25-10-7-21(16-27(25)44-33)29-12-11-28(20-6-9-24-26(15-20)42-18-41-24)47(29)22-8-13-31(23(37)17-22)51-36(38,39)40/h6-10,13,15-19,28-30,32H,4-5,11-12,14H2,1-3H3,(H,41,42)(H,43,44)(H,45,49)/t28-,29-,30+,32?/m1/s1. The summed E-state index contributed by atoms with van der Waals surface area (Å²) in [6, 6.07) is 15.1. The van der Waals surface area contributed by atoms with Crippen LogP contribution in [-0.4, -0.2) is 62.9 Å². The van der Waals surface area contributed by atoms with Gasteiger partial charge in [-0.3, -0.25) is 4.79 Å². The van der Waals surface area contributed by atoms with Gasteiger partial charge in [-0.1, -0.05) is 37.6 Å². The molecule has 2 aromatic heterocycles. The highest BCUT2D eigenvalue weighted by Gasteiger charge is 2.39. The third-order valence-electron chi connectivity index (χ3n) is 9.81. The van der Waals surface area contributed by atoms with E-state index >= 15 is 0 Å². The van der Waals surface area contributed by atoms with Crippen LogP contribution in [-0.2, 0) is 9.53 Å². The van der Waals surface area contributed by atoms with E-state index in [4.69, 9.17) is 21.3 Å². The van der Waals surface area contributed by atoms with Crippen molar-refractivity contribution in [3.8, 4) is 5.75 Å². The van der Waals surface area contributed by atoms with Crippen molar-refractivity contribution >= 4 is 51.4 Å². The van der Waals surface area contributed by atoms with Crippen LogP contribution in [0.2, 0.25) is 5.02 Å². The van der Waals surface area contributed by atoms with Crippen LogP contribution in [0.5, 0.6) is 5.75 Å². The molecule has 3 N–H and O–H groups in total. The first kappa shape index (κ1) is 34.5. The number of carbonyl (C=O) groups excluding carboxylic acids is 2. The number of anilines is 1. The first-order valence-electron chi connectivity index (χ1n) is 16.8. The number of imidazole rings is 2. The summed E-state index contributed by atoms with van der Waals surface area (Å²) < 4.78 is 48.1. The minimum atomic E-state index is -4.88. The van der Waals surface area contributed by atoms with Gasteiger partial charge in [-0.15, -0.1) is 13.2 Å². The lowest BCUT2D eigenvalue weighted by Gasteiger charge is -2.33. The molecule has 5 aromatic rings. The summed E-state index contributed by atoms with van der Waals surface area (Å²) in [4.78, 5) is 45.6. The zero-order valence-corrected chi connectivity index (χ0v) is 28.9. The second-order valence-electron chi connectivity index (χ2n) is 13.3. The lowest BCUT2D eigenvalue weighted by atomic mass is 10.0. The maximum atomic E-state index is 13.7. The minimum Gasteiger partial charge on any atom is -0.453 e. The van der Waals surface area contributed by atoms with Crippen molar-refractivity contribution in [2.24, 2.45) is 5.92 Å². The largest absolute Gasteiger partial charge is 0.573 e. The number of alkyl carbamates (subject to hydrolysis) is 1. The normalized spacial score (nSPS) is 20.0. The Morgan fingerprint density at radius 2 is 1.67 bits per heavy atom. The SMILES string of the molecule is COC(=O)NC(C(=O)N1CCC[C@H]1c1nc2cc([C@H]3CC[C@H](c4ccc5[nH]cnc5c4)N3c3ccc(OC(F)(F)F)c(Cl)c3)ccc2[nH]1)C(C)C. The van der Waals surface area contributed by atoms with Gasteiger partial charge in [0.25, 0.3) is 0 Å². The van der Waals surface area contributed by atoms with Crippen molar-refractivity contribution in [2.75, 3.05) is 18.6 Å². The molecule has 4 heterocycles. The van der Waals surface area contributed by atoms with Crippen molar-refractivity contribution in [3.05, 3.63) is 82.9 Å². The predicted octanol–water partition coefficient (Wildman–Crippen LogP) is 8.12. The Labute approximate surface area is 296 Å². The zero-order valence-electron chi connectivity index (χ0n) is 28.1. The Kier molecular flexibility index (Phi) is 9.21. The minimum absolute atomic E-state index is 0.127. The molecule has 4 atom stereocenters. The number of benzene rings is 3. The summed E-state index contributed by atoms with van der Waals surface area (Å²) in [5.74, 6) is -0.151. The highest BCUT2D eigenvalue weighted by atomic mass is 35.5. The average molecular weight is 724 g/mol. The van der Waals surface area contributed by atoms with Gasteiger partial charge in [-0.25, -0.2) is 14.8 Å². The number of fused-ring (bicyclic) bond motifs is 2. The number of methoxy groups -OCH3 is 1. The Bertz CT molecular complexity index is 2080. The number of hydrogen-bond donors (Lipinski definition) is 3. The van der Waals surface area contributed by atoms with Crippen LogP contribution in [0.1, 0.15) is 74.6 Å². The third-order valence-corrected chi connectivity index (χ3v) is 10.1. The molecule has 11 nitrogen and oxygen atoms in total. The molecule has 2 saturated heterocycles. The highest BCUT2D eigenvalue weighted by molar-refractivity contribution is 6.32. The number of halogens is 4. The second-order valence-corrected chi connectivity index (χ2v) is 13.7. The van der Waals surface area contributed by atoms with Gasteiger partial charge in [0.05, 0.1) is 58.7 Å². The molecule has 3 aromatic carbocycles. The van der Waals surface area contributed by atoms with E-state index in [-0.39, 0.29) is 35.0 Å². The molecule has 0 aliphatic carbocycles. The molecule has 2 aliphatic heterocycles. The fraction of sp³-hybridized carbons (Fsp3) is 0.389. The summed E-state index contributed by atoms with van der Waals surface area (Å²) in [5, 5.41) is 2.53. The lowest BCUT2D eigenvalue weighted by molar-refractivity contribution is -0.274. The number of rotatable bonds is 8. The van der Waals surface area contributed by atoms with Gasteiger partial charge in [0.15, 0.2) is 0 Å². The Balaban J connectivity index is 1.21. The molecule has 2 aliphatic rings. The molecular weight excluding hydrogens is 687 g/mol. The summed E-state index contributed by atoms with van der Waals surface area (Å²) in [6.07, 6.45) is -0.878. The molecule has 7 rings (SSSR count). The number of amides is 2. The van der Waals surface area contributed by atoms with E-state index in [1.165, 1.54) is 19.2 Å². The van der Waals surface area contributed by atoms with Crippen LogP contribution >= 0.6 is 11.6 Å². The Hall–Kier alpha value is -4.98. The van der Waals surface area contributed by atoms with Crippen molar-refractivity contribution in [1.29, 1.82) is 0 Å². The van der Waals surface area contributed by atoms with Crippen molar-refractivity contribution in [3.63, 3.8) is 0 Å². The van der Waals surface area contributed by atoms with Gasteiger partial charge in [-0.05, 0) is 85.2 Å². The number of likely N-dealkylation sites (tertiary alicyclic amines) is 1. The van der Waals surface area contributed by atoms with Gasteiger partial charge in [0, 0.05) is 12.2 Å². The number of carbonyl (C=O) groups is 2. The fourth-order valence-corrected chi connectivity index (χ4v) is 7.65. The number of hydrogen-bond acceptors (Lipinski definition) is 7. The summed E-state index contributed by atoms with van der Waals surface area (Å²) in [7, 11) is 1.27. The Morgan fingerprint density at radius 3 is 2.33 bits per heavy atom. The molecule has 2 amide bonds. The van der Waals surface area contributed by atoms with E-state index in [9.17, 15) is 22.8 Å². The molecule has 1 unspecified atom stereocenters. The third kappa shape index (κ3) is 6.88. The number of aromatic nitrogens is 4. The molecule has 0 saturated carbocycles. The van der Waals surface area contributed by atoms with Crippen LogP contribution in [0.15, 0.2) is 60.9 Å². The van der Waals surface area contributed by atoms with Crippen LogP contribution in [0.25, 0.3) is 22.1 Å². The van der Waals surface area contributed by atoms with E-state index < -0.39 is 24.2 Å². The number of aromatic amines is 2. The first-order chi connectivity index (χ1) is 24.4. The second kappa shape index (κ2) is 13.6. The maximum Gasteiger partial charge on any atom is 0.573 e. The van der Waals surface area contributed by atoms with E-state index in [1.54, 1.807) is 17.3 Å². The van der Waals surface area contributed by atoms with Crippen LogP contribution in [0.3, 0.4) is 0 Å². The number of H-pyrrole nitrogens is 2. The molecule has 268 valence electrons. The van der Waals surface area contributed by atoms with Gasteiger partial charge >= 0.3 is 12.5 Å². The maximum absolute atomic E-state index is 13.7. The van der Waals surface area contributed by atoms with Gasteiger partial charge < -0.3 is 34.6 Å². The molecule has 2 fully saturated rings. The summed E-state index contributed by atoms with van der Waals surface area (Å²) >= 11 is 6.38. The van der Waals surface area contributed by atoms with Crippen molar-refractivity contribution < 1.29 is 32.2 Å². The number of nitrogens with zero attached hydrogens (tertiary/aromatic N) is 4. The molecule has 0 bridgehead atoms. The topological polar surface area (TPSA) is 128 Å². The number of alkyl halides is 3. The molecule has 0 spiro atoms. The predicted molar refractivity (Wildman–Crippen MR) is 185 cm³/mol. The van der Waals surface area contributed by atoms with Crippen molar-refractivity contribution in [2.45, 2.75) is 70.1 Å². The highest BCUT2D eigenvalue weighted by Crippen LogP contribution is 2.49.